The number of aliphatic hydroxyl groups excluding tert-OH is 1. The number of benzene rings is 8. The maximum absolute atomic E-state index is 16.1. The molecule has 9 atom stereocenters. The number of cyclic esters (lactones) is 1. The van der Waals surface area contributed by atoms with Gasteiger partial charge in [0, 0.05) is 41.7 Å². The minimum atomic E-state index is -2.29. The number of aliphatic hydroxyl groups is 1. The Labute approximate surface area is 568 Å². The van der Waals surface area contributed by atoms with Crippen molar-refractivity contribution in [3.63, 3.8) is 0 Å². The zero-order valence-electron chi connectivity index (χ0n) is 50.8. The summed E-state index contributed by atoms with van der Waals surface area (Å²) >= 11 is 14.1. The van der Waals surface area contributed by atoms with Crippen LogP contribution in [-0.2, 0) is 54.3 Å². The van der Waals surface area contributed by atoms with Crippen molar-refractivity contribution in [1.82, 2.24) is 31.9 Å². The van der Waals surface area contributed by atoms with E-state index in [0.29, 0.717) is 0 Å². The second kappa shape index (κ2) is 26.5. The molecule has 28 nitrogen and oxygen atoms in total. The smallest absolute Gasteiger partial charge is 0.347 e. The summed E-state index contributed by atoms with van der Waals surface area (Å²) in [6.45, 7) is -0.0927. The van der Waals surface area contributed by atoms with Gasteiger partial charge in [-0.2, -0.15) is 0 Å². The number of ether oxygens (including phenoxy) is 6. The average Bonchev–Trinajstić information content (AvgIpc) is 0.917. The van der Waals surface area contributed by atoms with E-state index in [-0.39, 0.29) is 97.2 Å². The van der Waals surface area contributed by atoms with Gasteiger partial charge in [0.05, 0.1) is 22.2 Å². The average molecular weight is 1390 g/mol. The fourth-order valence-corrected chi connectivity index (χ4v) is 12.3. The number of hydrogen-bond donors (Lipinski definition) is 13. The molecule has 0 spiro atoms. The molecule has 30 heteroatoms. The van der Waals surface area contributed by atoms with Gasteiger partial charge in [-0.05, 0) is 124 Å². The second-order valence-electron chi connectivity index (χ2n) is 23.4. The molecule has 7 heterocycles. The molecule has 15 rings (SSSR count). The van der Waals surface area contributed by atoms with Gasteiger partial charge in [0.15, 0.2) is 35.1 Å². The maximum Gasteiger partial charge on any atom is 0.347 e. The van der Waals surface area contributed by atoms with E-state index in [1.54, 1.807) is 6.07 Å². The number of carbonyl (C=O) groups excluding carboxylic acids is 9. The molecule has 8 aromatic carbocycles. The van der Waals surface area contributed by atoms with Crippen LogP contribution < -0.4 is 56.6 Å². The fraction of sp³-hybridized carbons (Fsp3) is 0.174. The molecule has 504 valence electrons. The van der Waals surface area contributed by atoms with Gasteiger partial charge in [-0.15, -0.1) is 0 Å². The maximum atomic E-state index is 16.1. The van der Waals surface area contributed by atoms with Gasteiger partial charge in [-0.25, -0.2) is 14.4 Å². The van der Waals surface area contributed by atoms with Crippen LogP contribution in [0.5, 0.6) is 69.0 Å². The summed E-state index contributed by atoms with van der Waals surface area (Å²) in [4.78, 5) is 134. The van der Waals surface area contributed by atoms with E-state index in [9.17, 15) is 49.8 Å². The third kappa shape index (κ3) is 13.2. The molecule has 14 N–H and O–H groups in total. The first kappa shape index (κ1) is 65.5. The normalized spacial score (nSPS) is 21.9. The Morgan fingerprint density at radius 3 is 1.83 bits per heavy atom. The molecule has 17 bridgehead atoms. The SMILES string of the molecule is N[C@H]1C(=O)N[C@@H]2Cc3ccc(c(Cl)c3)Oc3cc4cc(c3OC3CCOC3=O)Oc3ccc(cc3Cl)[C@@H](O)[C@@H]3NC(=O)[C@H](NC(=O)[C@@H]4NC(=O)[C@@H](NC2=O)c2cc(O)cc(c2)Oc2cc1ccc2O)c1ccc(O)c(c1)-c1c(O)cc(O)cc1[C@H](C(=O)OC(=O)c1ccccc1)NC3=O. The van der Waals surface area contributed by atoms with Crippen molar-refractivity contribution in [1.29, 1.82) is 0 Å². The van der Waals surface area contributed by atoms with Crippen LogP contribution in [-0.4, -0.2) is 109 Å². The largest absolute Gasteiger partial charge is 0.508 e. The van der Waals surface area contributed by atoms with Gasteiger partial charge >= 0.3 is 17.9 Å². The van der Waals surface area contributed by atoms with Crippen LogP contribution in [0.1, 0.15) is 92.0 Å². The second-order valence-corrected chi connectivity index (χ2v) is 24.2. The van der Waals surface area contributed by atoms with Gasteiger partial charge in [0.25, 0.3) is 0 Å². The molecule has 1 unspecified atom stereocenters. The van der Waals surface area contributed by atoms with E-state index in [0.717, 1.165) is 54.6 Å². The molecular weight excluding hydrogens is 1330 g/mol. The summed E-state index contributed by atoms with van der Waals surface area (Å²) < 4.78 is 36.1. The molecule has 7 aliphatic rings. The van der Waals surface area contributed by atoms with E-state index >= 15 is 24.0 Å². The van der Waals surface area contributed by atoms with Crippen molar-refractivity contribution in [3.05, 3.63) is 200 Å². The predicted octanol–water partition coefficient (Wildman–Crippen LogP) is 6.27. The van der Waals surface area contributed by atoms with Gasteiger partial charge in [0.2, 0.25) is 41.2 Å². The monoisotopic (exact) mass is 1390 g/mol. The Bertz CT molecular complexity index is 4750. The van der Waals surface area contributed by atoms with Crippen molar-refractivity contribution in [2.24, 2.45) is 5.73 Å². The summed E-state index contributed by atoms with van der Waals surface area (Å²) in [6.07, 6.45) is -3.97. The molecule has 8 aromatic rings. The summed E-state index contributed by atoms with van der Waals surface area (Å²) in [5, 5.41) is 84.4. The van der Waals surface area contributed by atoms with Crippen molar-refractivity contribution in [2.75, 3.05) is 6.61 Å². The van der Waals surface area contributed by atoms with Crippen LogP contribution in [0.2, 0.25) is 10.0 Å². The Balaban J connectivity index is 1.03. The number of aromatic hydroxyl groups is 5. The molecule has 6 amide bonds. The van der Waals surface area contributed by atoms with E-state index in [1.807, 2.05) is 0 Å². The Morgan fingerprint density at radius 2 is 1.14 bits per heavy atom. The fourth-order valence-electron chi connectivity index (χ4n) is 11.8. The lowest BCUT2D eigenvalue weighted by atomic mass is 9.89. The summed E-state index contributed by atoms with van der Waals surface area (Å²) in [7, 11) is 0. The molecular formula is C69H53Cl2N7O21. The summed E-state index contributed by atoms with van der Waals surface area (Å²) in [5.74, 6) is -16.6. The lowest BCUT2D eigenvalue weighted by Gasteiger charge is -2.31. The molecule has 1 fully saturated rings. The zero-order valence-corrected chi connectivity index (χ0v) is 52.3. The van der Waals surface area contributed by atoms with Gasteiger partial charge in [0.1, 0.15) is 82.6 Å². The third-order valence-electron chi connectivity index (χ3n) is 16.8. The van der Waals surface area contributed by atoms with Crippen LogP contribution in [0.25, 0.3) is 11.1 Å². The van der Waals surface area contributed by atoms with Crippen LogP contribution in [0.15, 0.2) is 146 Å². The minimum absolute atomic E-state index is 0.0213. The number of nitrogens with one attached hydrogen (secondary N) is 6. The van der Waals surface area contributed by atoms with Gasteiger partial charge < -0.3 is 96.7 Å². The highest BCUT2D eigenvalue weighted by atomic mass is 35.5. The molecule has 0 saturated carbocycles. The number of hydrogen-bond acceptors (Lipinski definition) is 22. The number of halogens is 2. The Morgan fingerprint density at radius 1 is 0.525 bits per heavy atom. The number of carbonyl (C=O) groups is 9. The molecule has 1 saturated heterocycles. The Hall–Kier alpha value is -12.1. The van der Waals surface area contributed by atoms with Crippen LogP contribution in [0, 0.1) is 0 Å². The first-order valence-corrected chi connectivity index (χ1v) is 30.9. The van der Waals surface area contributed by atoms with Crippen molar-refractivity contribution in [3.8, 4) is 80.1 Å². The summed E-state index contributed by atoms with van der Waals surface area (Å²) in [5.41, 5.74) is 4.08. The zero-order chi connectivity index (χ0) is 69.8. The highest BCUT2D eigenvalue weighted by Crippen LogP contribution is 2.49. The minimum Gasteiger partial charge on any atom is -0.508 e. The standard InChI is InChI=1S/C69H53Cl2N7O21/c70-40-16-28-6-12-46(40)96-50-23-34-24-51(60(50)98-48-14-15-94-68(48)92)97-47-13-9-32(21-41(47)71)59(84)58-66(90)77-57(69(93)99-67(91)29-4-2-1-3-5-29)39-26-36(80)27-45(83)52(39)38-20-31(8-10-43(38)81)54(63(87)78-58)75-65(89)56(34)76-64(88)55-33-18-35(79)25-37(19-33)95-49-22-30(7-11-44(49)82)53(72)62(86)73-42(17-28)61(85)74-55/h1-13,16,18-27,42,48,53-59,79-84H,14-15,17,72H2,(H,73,86)(H,74,85)(H,75,89)(H,76,88)(H,77,90)(H,78,87)/t42-,48?,53-,54-,55+,56-,57-,58+,59-/m1/s1. The molecule has 0 aromatic heterocycles. The molecule has 0 radical (unpaired) electrons. The lowest BCUT2D eigenvalue weighted by Crippen LogP contribution is -2.55. The first-order valence-electron chi connectivity index (χ1n) is 30.2. The van der Waals surface area contributed by atoms with Crippen LogP contribution in [0.3, 0.4) is 0 Å². The lowest BCUT2D eigenvalue weighted by molar-refractivity contribution is -0.144. The number of rotatable bonds is 4. The van der Waals surface area contributed by atoms with E-state index < -0.39 is 165 Å². The number of phenols is 5. The van der Waals surface area contributed by atoms with E-state index in [1.165, 1.54) is 84.9 Å². The van der Waals surface area contributed by atoms with E-state index in [2.05, 4.69) is 31.9 Å². The predicted molar refractivity (Wildman–Crippen MR) is 342 cm³/mol. The topological polar surface area (TPSA) is 429 Å². The highest BCUT2D eigenvalue weighted by molar-refractivity contribution is 6.32. The number of fused-ring (bicyclic) bond motifs is 14. The highest BCUT2D eigenvalue weighted by Gasteiger charge is 2.43. The first-order chi connectivity index (χ1) is 47.4. The number of phenolic OH excluding ortho intramolecular Hbond substituents is 5. The quantitative estimate of drug-likeness (QED) is 0.0681. The number of esters is 3. The van der Waals surface area contributed by atoms with Crippen molar-refractivity contribution in [2.45, 2.75) is 67.3 Å². The van der Waals surface area contributed by atoms with Gasteiger partial charge in [-0.1, -0.05) is 65.7 Å². The Kier molecular flexibility index (Phi) is 17.5. The van der Waals surface area contributed by atoms with Gasteiger partial charge in [-0.3, -0.25) is 28.8 Å². The number of amides is 6. The molecule has 7 aliphatic heterocycles. The number of nitrogens with two attached hydrogens (primary N) is 1. The van der Waals surface area contributed by atoms with Crippen molar-refractivity contribution < 1.29 is 102 Å². The van der Waals surface area contributed by atoms with Crippen LogP contribution in [0.4, 0.5) is 0 Å². The van der Waals surface area contributed by atoms with Crippen molar-refractivity contribution >= 4 is 76.6 Å². The van der Waals surface area contributed by atoms with E-state index in [4.69, 9.17) is 57.4 Å². The summed E-state index contributed by atoms with van der Waals surface area (Å²) in [6, 6.07) is 15.1. The molecule has 0 aliphatic carbocycles. The molecule has 99 heavy (non-hydrogen) atoms. The van der Waals surface area contributed by atoms with Crippen LogP contribution >= 0.6 is 23.2 Å². The third-order valence-corrected chi connectivity index (χ3v) is 17.4.